The second-order valence-electron chi connectivity index (χ2n) is 5.41. The van der Waals surface area contributed by atoms with Gasteiger partial charge in [0.2, 0.25) is 17.7 Å². The minimum atomic E-state index is -1.01. The Hall–Kier alpha value is -2.45. The van der Waals surface area contributed by atoms with Gasteiger partial charge >= 0.3 is 0 Å². The van der Waals surface area contributed by atoms with Crippen LogP contribution < -0.4 is 5.32 Å². The van der Waals surface area contributed by atoms with Gasteiger partial charge in [0, 0.05) is 23.8 Å². The van der Waals surface area contributed by atoms with Gasteiger partial charge in [0.05, 0.1) is 6.54 Å². The number of nitrogens with one attached hydrogen (secondary N) is 1. The molecule has 0 spiro atoms. The van der Waals surface area contributed by atoms with E-state index in [0.717, 1.165) is 10.5 Å². The molecule has 3 heterocycles. The van der Waals surface area contributed by atoms with E-state index in [9.17, 15) is 19.5 Å². The van der Waals surface area contributed by atoms with Gasteiger partial charge in [0.15, 0.2) is 0 Å². The Balaban J connectivity index is 1.52. The average molecular weight is 348 g/mol. The lowest BCUT2D eigenvalue weighted by atomic mass is 10.2. The summed E-state index contributed by atoms with van der Waals surface area (Å²) in [5.41, 5.74) is 0.925. The molecular formula is C16H16N2O5S. The van der Waals surface area contributed by atoms with Gasteiger partial charge in [0.1, 0.15) is 24.2 Å². The van der Waals surface area contributed by atoms with E-state index in [2.05, 4.69) is 5.32 Å². The first-order chi connectivity index (χ1) is 11.5. The standard InChI is InChI=1S/C16H16N2O5S/c19-11(13-2-1-12(23-13)10-5-6-24-9-10)7-17-14(20)8-18-15(21)3-4-16(18)22/h1-2,5-6,9,11,19H,3-4,7-8H2,(H,17,20)/t11-/m0/s1. The Morgan fingerprint density at radius 2 is 2.04 bits per heavy atom. The number of hydrogen-bond donors (Lipinski definition) is 2. The topological polar surface area (TPSA) is 99.9 Å². The van der Waals surface area contributed by atoms with Crippen LogP contribution >= 0.6 is 11.3 Å². The van der Waals surface area contributed by atoms with E-state index in [1.807, 2.05) is 16.8 Å². The van der Waals surface area contributed by atoms with Crippen molar-refractivity contribution in [2.24, 2.45) is 0 Å². The van der Waals surface area contributed by atoms with Gasteiger partial charge < -0.3 is 14.8 Å². The Bertz CT molecular complexity index is 736. The largest absolute Gasteiger partial charge is 0.458 e. The smallest absolute Gasteiger partial charge is 0.240 e. The number of aliphatic hydroxyl groups excluding tert-OH is 1. The Labute approximate surface area is 141 Å². The number of furan rings is 1. The monoisotopic (exact) mass is 348 g/mol. The summed E-state index contributed by atoms with van der Waals surface area (Å²) in [6, 6.07) is 5.31. The molecule has 0 aromatic carbocycles. The van der Waals surface area contributed by atoms with Crippen LogP contribution in [0.5, 0.6) is 0 Å². The van der Waals surface area contributed by atoms with Crippen molar-refractivity contribution < 1.29 is 23.9 Å². The number of hydrogen-bond acceptors (Lipinski definition) is 6. The predicted molar refractivity (Wildman–Crippen MR) is 85.9 cm³/mol. The number of aliphatic hydroxyl groups is 1. The SMILES string of the molecule is O=C(CN1C(=O)CCC1=O)NC[C@H](O)c1ccc(-c2ccsc2)o1. The summed E-state index contributed by atoms with van der Waals surface area (Å²) in [6.07, 6.45) is -0.717. The second-order valence-corrected chi connectivity index (χ2v) is 6.19. The van der Waals surface area contributed by atoms with E-state index in [1.54, 1.807) is 23.5 Å². The molecule has 0 aliphatic carbocycles. The quantitative estimate of drug-likeness (QED) is 0.767. The van der Waals surface area contributed by atoms with Crippen molar-refractivity contribution in [3.05, 3.63) is 34.7 Å². The Kier molecular flexibility index (Phi) is 4.77. The van der Waals surface area contributed by atoms with Crippen molar-refractivity contribution in [1.82, 2.24) is 10.2 Å². The number of rotatable bonds is 6. The molecule has 0 bridgehead atoms. The molecule has 2 N–H and O–H groups in total. The van der Waals surface area contributed by atoms with Crippen LogP contribution in [0, 0.1) is 0 Å². The molecule has 0 saturated carbocycles. The predicted octanol–water partition coefficient (Wildman–Crippen LogP) is 1.31. The molecule has 1 aliphatic heterocycles. The lowest BCUT2D eigenvalue weighted by Crippen LogP contribution is -2.41. The minimum absolute atomic E-state index is 0.0638. The minimum Gasteiger partial charge on any atom is -0.458 e. The maximum Gasteiger partial charge on any atom is 0.240 e. The summed E-state index contributed by atoms with van der Waals surface area (Å²) < 4.78 is 5.58. The highest BCUT2D eigenvalue weighted by atomic mass is 32.1. The number of thiophene rings is 1. The summed E-state index contributed by atoms with van der Waals surface area (Å²) in [7, 11) is 0. The number of carbonyl (C=O) groups is 3. The number of nitrogens with zero attached hydrogens (tertiary/aromatic N) is 1. The Morgan fingerprint density at radius 3 is 2.71 bits per heavy atom. The summed E-state index contributed by atoms with van der Waals surface area (Å²) in [4.78, 5) is 35.7. The number of amides is 3. The third-order valence-corrected chi connectivity index (χ3v) is 4.39. The zero-order valence-corrected chi connectivity index (χ0v) is 13.5. The fourth-order valence-electron chi connectivity index (χ4n) is 2.40. The molecule has 1 aliphatic rings. The fourth-order valence-corrected chi connectivity index (χ4v) is 3.05. The first-order valence-corrected chi connectivity index (χ1v) is 8.39. The molecule has 2 aromatic rings. The lowest BCUT2D eigenvalue weighted by Gasteiger charge is -2.14. The van der Waals surface area contributed by atoms with Crippen LogP contribution in [-0.4, -0.2) is 40.8 Å². The molecule has 3 rings (SSSR count). The van der Waals surface area contributed by atoms with Crippen LogP contribution in [0.15, 0.2) is 33.4 Å². The number of imide groups is 1. The maximum atomic E-state index is 11.8. The zero-order chi connectivity index (χ0) is 17.1. The van der Waals surface area contributed by atoms with E-state index < -0.39 is 12.0 Å². The maximum absolute atomic E-state index is 11.8. The lowest BCUT2D eigenvalue weighted by molar-refractivity contribution is -0.142. The summed E-state index contributed by atoms with van der Waals surface area (Å²) in [5.74, 6) is -0.207. The van der Waals surface area contributed by atoms with Crippen molar-refractivity contribution in [2.45, 2.75) is 18.9 Å². The molecule has 126 valence electrons. The molecule has 1 fully saturated rings. The van der Waals surface area contributed by atoms with Crippen molar-refractivity contribution in [3.8, 4) is 11.3 Å². The molecule has 2 aromatic heterocycles. The molecule has 1 atom stereocenters. The van der Waals surface area contributed by atoms with Gasteiger partial charge in [-0.15, -0.1) is 0 Å². The van der Waals surface area contributed by atoms with Gasteiger partial charge in [-0.2, -0.15) is 11.3 Å². The zero-order valence-electron chi connectivity index (χ0n) is 12.7. The number of carbonyl (C=O) groups excluding carboxylic acids is 3. The Morgan fingerprint density at radius 1 is 1.29 bits per heavy atom. The third-order valence-electron chi connectivity index (χ3n) is 3.71. The van der Waals surface area contributed by atoms with E-state index in [-0.39, 0.29) is 37.7 Å². The van der Waals surface area contributed by atoms with E-state index >= 15 is 0 Å². The van der Waals surface area contributed by atoms with Crippen LogP contribution in [0.1, 0.15) is 24.7 Å². The average Bonchev–Trinajstić information content (AvgIpc) is 3.29. The summed E-state index contributed by atoms with van der Waals surface area (Å²) in [6.45, 7) is -0.381. The molecule has 1 saturated heterocycles. The van der Waals surface area contributed by atoms with Crippen LogP contribution in [0.2, 0.25) is 0 Å². The molecule has 3 amide bonds. The number of likely N-dealkylation sites (tertiary alicyclic amines) is 1. The molecule has 8 heteroatoms. The normalized spacial score (nSPS) is 15.8. The van der Waals surface area contributed by atoms with Gasteiger partial charge in [-0.25, -0.2) is 0 Å². The van der Waals surface area contributed by atoms with Gasteiger partial charge in [0.25, 0.3) is 0 Å². The first-order valence-electron chi connectivity index (χ1n) is 7.45. The van der Waals surface area contributed by atoms with E-state index in [1.165, 1.54) is 0 Å². The highest BCUT2D eigenvalue weighted by molar-refractivity contribution is 7.08. The highest BCUT2D eigenvalue weighted by Crippen LogP contribution is 2.26. The first kappa shape index (κ1) is 16.4. The molecule has 7 nitrogen and oxygen atoms in total. The van der Waals surface area contributed by atoms with E-state index in [4.69, 9.17) is 4.42 Å². The van der Waals surface area contributed by atoms with Gasteiger partial charge in [-0.3, -0.25) is 19.3 Å². The molecule has 0 unspecified atom stereocenters. The van der Waals surface area contributed by atoms with Gasteiger partial charge in [-0.05, 0) is 23.6 Å². The molecular weight excluding hydrogens is 332 g/mol. The fraction of sp³-hybridized carbons (Fsp3) is 0.312. The van der Waals surface area contributed by atoms with Crippen molar-refractivity contribution in [3.63, 3.8) is 0 Å². The second kappa shape index (κ2) is 6.98. The van der Waals surface area contributed by atoms with Crippen molar-refractivity contribution in [1.29, 1.82) is 0 Å². The van der Waals surface area contributed by atoms with E-state index in [0.29, 0.717) is 11.5 Å². The molecule has 0 radical (unpaired) electrons. The van der Waals surface area contributed by atoms with Crippen LogP contribution in [-0.2, 0) is 14.4 Å². The van der Waals surface area contributed by atoms with Crippen molar-refractivity contribution in [2.75, 3.05) is 13.1 Å². The molecule has 24 heavy (non-hydrogen) atoms. The van der Waals surface area contributed by atoms with Crippen LogP contribution in [0.25, 0.3) is 11.3 Å². The van der Waals surface area contributed by atoms with Crippen LogP contribution in [0.3, 0.4) is 0 Å². The van der Waals surface area contributed by atoms with Crippen molar-refractivity contribution >= 4 is 29.1 Å². The van der Waals surface area contributed by atoms with Gasteiger partial charge in [-0.1, -0.05) is 0 Å². The summed E-state index contributed by atoms with van der Waals surface area (Å²) >= 11 is 1.54. The van der Waals surface area contributed by atoms with Crippen LogP contribution in [0.4, 0.5) is 0 Å². The summed E-state index contributed by atoms with van der Waals surface area (Å²) in [5, 5.41) is 16.4. The third kappa shape index (κ3) is 3.55. The highest BCUT2D eigenvalue weighted by Gasteiger charge is 2.30.